The third kappa shape index (κ3) is 3.12. The number of aryl methyl sites for hydroxylation is 2. The molecule has 1 unspecified atom stereocenters. The van der Waals surface area contributed by atoms with E-state index >= 15 is 0 Å². The number of benzene rings is 2. The van der Waals surface area contributed by atoms with Crippen LogP contribution in [-0.4, -0.2) is 22.6 Å². The van der Waals surface area contributed by atoms with E-state index in [2.05, 4.69) is 29.2 Å². The van der Waals surface area contributed by atoms with Crippen LogP contribution in [0, 0.1) is 6.92 Å². The summed E-state index contributed by atoms with van der Waals surface area (Å²) in [6.07, 6.45) is 1.39. The Bertz CT molecular complexity index is 913. The Morgan fingerprint density at radius 1 is 1.12 bits per heavy atom. The molecular weight excluding hydrogens is 326 g/mol. The maximum atomic E-state index is 12.4. The quantitative estimate of drug-likeness (QED) is 0.712. The Hall–Kier alpha value is -2.95. The standard InChI is InChI=1S/C21H21N3O2/c1-3-15-6-8-16(9-7-15)20-22-21(26-23-20)17-12-19(25)24(13-17)18-10-4-14(2)5-11-18/h4-11,17H,3,12-13H2,1-2H3. The molecule has 2 aromatic carbocycles. The summed E-state index contributed by atoms with van der Waals surface area (Å²) in [6, 6.07) is 16.1. The highest BCUT2D eigenvalue weighted by atomic mass is 16.5. The van der Waals surface area contributed by atoms with Crippen molar-refractivity contribution >= 4 is 11.6 Å². The number of anilines is 1. The molecule has 0 saturated carbocycles. The Morgan fingerprint density at radius 3 is 2.54 bits per heavy atom. The molecule has 0 radical (unpaired) electrons. The molecule has 4 rings (SSSR count). The molecule has 1 saturated heterocycles. The van der Waals surface area contributed by atoms with Gasteiger partial charge in [-0.05, 0) is 31.0 Å². The number of aromatic nitrogens is 2. The van der Waals surface area contributed by atoms with Gasteiger partial charge in [0.05, 0.1) is 5.92 Å². The molecule has 3 aromatic rings. The maximum absolute atomic E-state index is 12.4. The highest BCUT2D eigenvalue weighted by Gasteiger charge is 2.35. The Kier molecular flexibility index (Phi) is 4.29. The van der Waals surface area contributed by atoms with Gasteiger partial charge >= 0.3 is 0 Å². The predicted octanol–water partition coefficient (Wildman–Crippen LogP) is 4.13. The van der Waals surface area contributed by atoms with Crippen LogP contribution in [0.2, 0.25) is 0 Å². The van der Waals surface area contributed by atoms with Crippen LogP contribution in [0.5, 0.6) is 0 Å². The number of hydrogen-bond acceptors (Lipinski definition) is 4. The first-order chi connectivity index (χ1) is 12.6. The minimum absolute atomic E-state index is 0.0695. The summed E-state index contributed by atoms with van der Waals surface area (Å²) in [5.74, 6) is 1.12. The second kappa shape index (κ2) is 6.75. The summed E-state index contributed by atoms with van der Waals surface area (Å²) in [4.78, 5) is 18.8. The molecule has 0 N–H and O–H groups in total. The fraction of sp³-hybridized carbons (Fsp3) is 0.286. The summed E-state index contributed by atoms with van der Waals surface area (Å²) in [7, 11) is 0. The zero-order chi connectivity index (χ0) is 18.1. The summed E-state index contributed by atoms with van der Waals surface area (Å²) in [5.41, 5.74) is 4.29. The molecule has 132 valence electrons. The van der Waals surface area contributed by atoms with Crippen molar-refractivity contribution in [2.24, 2.45) is 0 Å². The van der Waals surface area contributed by atoms with Gasteiger partial charge in [0.1, 0.15) is 0 Å². The molecule has 1 atom stereocenters. The van der Waals surface area contributed by atoms with Crippen LogP contribution in [0.25, 0.3) is 11.4 Å². The van der Waals surface area contributed by atoms with E-state index in [0.29, 0.717) is 24.7 Å². The highest BCUT2D eigenvalue weighted by Crippen LogP contribution is 2.32. The zero-order valence-corrected chi connectivity index (χ0v) is 15.0. The van der Waals surface area contributed by atoms with E-state index in [1.807, 2.05) is 43.3 Å². The SMILES string of the molecule is CCc1ccc(-c2noc(C3CC(=O)N(c4ccc(C)cc4)C3)n2)cc1. The van der Waals surface area contributed by atoms with Gasteiger partial charge in [-0.2, -0.15) is 4.98 Å². The first-order valence-electron chi connectivity index (χ1n) is 8.94. The van der Waals surface area contributed by atoms with Gasteiger partial charge < -0.3 is 9.42 Å². The number of carbonyl (C=O) groups excluding carboxylic acids is 1. The van der Waals surface area contributed by atoms with Crippen molar-refractivity contribution in [3.05, 3.63) is 65.5 Å². The van der Waals surface area contributed by atoms with Gasteiger partial charge in [0.2, 0.25) is 17.6 Å². The number of amides is 1. The van der Waals surface area contributed by atoms with Crippen LogP contribution in [-0.2, 0) is 11.2 Å². The topological polar surface area (TPSA) is 59.2 Å². The van der Waals surface area contributed by atoms with Crippen molar-refractivity contribution in [1.82, 2.24) is 10.1 Å². The summed E-state index contributed by atoms with van der Waals surface area (Å²) < 4.78 is 5.47. The fourth-order valence-electron chi connectivity index (χ4n) is 3.26. The average molecular weight is 347 g/mol. The number of hydrogen-bond donors (Lipinski definition) is 0. The van der Waals surface area contributed by atoms with Gasteiger partial charge in [0.15, 0.2) is 0 Å². The summed E-state index contributed by atoms with van der Waals surface area (Å²) in [5, 5.41) is 4.11. The van der Waals surface area contributed by atoms with E-state index in [4.69, 9.17) is 4.52 Å². The van der Waals surface area contributed by atoms with Crippen LogP contribution in [0.3, 0.4) is 0 Å². The largest absolute Gasteiger partial charge is 0.339 e. The zero-order valence-electron chi connectivity index (χ0n) is 15.0. The molecular formula is C21H21N3O2. The van der Waals surface area contributed by atoms with Crippen molar-refractivity contribution < 1.29 is 9.32 Å². The van der Waals surface area contributed by atoms with Gasteiger partial charge in [0, 0.05) is 24.2 Å². The van der Waals surface area contributed by atoms with Crippen molar-refractivity contribution in [3.63, 3.8) is 0 Å². The molecule has 0 bridgehead atoms. The Morgan fingerprint density at radius 2 is 1.85 bits per heavy atom. The van der Waals surface area contributed by atoms with Crippen molar-refractivity contribution in [1.29, 1.82) is 0 Å². The predicted molar refractivity (Wildman–Crippen MR) is 100 cm³/mol. The van der Waals surface area contributed by atoms with Crippen LogP contribution in [0.4, 0.5) is 5.69 Å². The first-order valence-corrected chi connectivity index (χ1v) is 8.94. The third-order valence-corrected chi connectivity index (χ3v) is 4.88. The van der Waals surface area contributed by atoms with E-state index in [0.717, 1.165) is 17.7 Å². The smallest absolute Gasteiger partial charge is 0.232 e. The fourth-order valence-corrected chi connectivity index (χ4v) is 3.26. The molecule has 0 spiro atoms. The summed E-state index contributed by atoms with van der Waals surface area (Å²) in [6.45, 7) is 4.72. The molecule has 5 heteroatoms. The van der Waals surface area contributed by atoms with Gasteiger partial charge in [-0.15, -0.1) is 0 Å². The molecule has 5 nitrogen and oxygen atoms in total. The average Bonchev–Trinajstić information content (AvgIpc) is 3.29. The maximum Gasteiger partial charge on any atom is 0.232 e. The van der Waals surface area contributed by atoms with Crippen LogP contribution in [0.1, 0.15) is 36.3 Å². The molecule has 2 heterocycles. The minimum atomic E-state index is -0.0695. The number of nitrogens with zero attached hydrogens (tertiary/aromatic N) is 3. The van der Waals surface area contributed by atoms with E-state index in [-0.39, 0.29) is 11.8 Å². The van der Waals surface area contributed by atoms with Gasteiger partial charge in [-0.1, -0.05) is 54.0 Å². The Balaban J connectivity index is 1.52. The normalized spacial score (nSPS) is 17.1. The van der Waals surface area contributed by atoms with Gasteiger partial charge in [-0.3, -0.25) is 4.79 Å². The third-order valence-electron chi connectivity index (χ3n) is 4.88. The molecule has 1 aliphatic heterocycles. The highest BCUT2D eigenvalue weighted by molar-refractivity contribution is 5.96. The molecule has 1 amide bonds. The van der Waals surface area contributed by atoms with E-state index in [1.165, 1.54) is 11.1 Å². The van der Waals surface area contributed by atoms with Crippen molar-refractivity contribution in [2.45, 2.75) is 32.6 Å². The lowest BCUT2D eigenvalue weighted by atomic mass is 10.1. The molecule has 0 aliphatic carbocycles. The van der Waals surface area contributed by atoms with Crippen molar-refractivity contribution in [2.75, 3.05) is 11.4 Å². The number of carbonyl (C=O) groups is 1. The van der Waals surface area contributed by atoms with Gasteiger partial charge in [0.25, 0.3) is 0 Å². The number of rotatable bonds is 4. The summed E-state index contributed by atoms with van der Waals surface area (Å²) >= 11 is 0. The van der Waals surface area contributed by atoms with E-state index in [9.17, 15) is 4.79 Å². The molecule has 1 aliphatic rings. The Labute approximate surface area is 152 Å². The van der Waals surface area contributed by atoms with E-state index in [1.54, 1.807) is 4.90 Å². The van der Waals surface area contributed by atoms with Gasteiger partial charge in [-0.25, -0.2) is 0 Å². The lowest BCUT2D eigenvalue weighted by Gasteiger charge is -2.16. The van der Waals surface area contributed by atoms with Crippen LogP contribution >= 0.6 is 0 Å². The molecule has 26 heavy (non-hydrogen) atoms. The first kappa shape index (κ1) is 16.5. The monoisotopic (exact) mass is 347 g/mol. The lowest BCUT2D eigenvalue weighted by molar-refractivity contribution is -0.117. The van der Waals surface area contributed by atoms with E-state index < -0.39 is 0 Å². The van der Waals surface area contributed by atoms with Crippen LogP contribution < -0.4 is 4.90 Å². The molecule has 1 aromatic heterocycles. The molecule has 1 fully saturated rings. The minimum Gasteiger partial charge on any atom is -0.339 e. The second-order valence-electron chi connectivity index (χ2n) is 6.75. The van der Waals surface area contributed by atoms with Crippen molar-refractivity contribution in [3.8, 4) is 11.4 Å². The van der Waals surface area contributed by atoms with Crippen LogP contribution in [0.15, 0.2) is 53.1 Å². The second-order valence-corrected chi connectivity index (χ2v) is 6.75. The lowest BCUT2D eigenvalue weighted by Crippen LogP contribution is -2.24.